The van der Waals surface area contributed by atoms with Crippen molar-refractivity contribution in [2.75, 3.05) is 10.6 Å². The van der Waals surface area contributed by atoms with Gasteiger partial charge in [0.15, 0.2) is 11.0 Å². The first-order valence-corrected chi connectivity index (χ1v) is 6.08. The van der Waals surface area contributed by atoms with E-state index >= 15 is 0 Å². The predicted molar refractivity (Wildman–Crippen MR) is 75.6 cm³/mol. The minimum Gasteiger partial charge on any atom is -0.339 e. The van der Waals surface area contributed by atoms with E-state index in [4.69, 9.17) is 16.9 Å². The number of anilines is 3. The maximum atomic E-state index is 11.2. The Balaban J connectivity index is 1.99. The largest absolute Gasteiger partial charge is 0.339 e. The summed E-state index contributed by atoms with van der Waals surface area (Å²) in [5.41, 5.74) is 1.41. The molecule has 6 nitrogen and oxygen atoms in total. The second-order valence-corrected chi connectivity index (χ2v) is 4.21. The molecule has 0 bridgehead atoms. The zero-order chi connectivity index (χ0) is 14.4. The minimum atomic E-state index is -0.336. The van der Waals surface area contributed by atoms with E-state index in [1.807, 2.05) is 0 Å². The van der Waals surface area contributed by atoms with E-state index in [-0.39, 0.29) is 12.3 Å². The fourth-order valence-electron chi connectivity index (χ4n) is 1.44. The van der Waals surface area contributed by atoms with Crippen molar-refractivity contribution in [3.8, 4) is 6.07 Å². The van der Waals surface area contributed by atoms with Gasteiger partial charge in [-0.25, -0.2) is 0 Å². The number of benzene rings is 1. The first-order chi connectivity index (χ1) is 9.67. The molecular weight excluding hydrogens is 278 g/mol. The number of aromatic nitrogens is 2. The molecule has 2 aromatic rings. The van der Waals surface area contributed by atoms with Gasteiger partial charge in [0.25, 0.3) is 0 Å². The number of amides is 1. The van der Waals surface area contributed by atoms with Gasteiger partial charge in [-0.2, -0.15) is 5.26 Å². The molecule has 0 fully saturated rings. The van der Waals surface area contributed by atoms with E-state index in [2.05, 4.69) is 20.8 Å². The third-order valence-corrected chi connectivity index (χ3v) is 2.51. The van der Waals surface area contributed by atoms with E-state index in [1.54, 1.807) is 42.5 Å². The van der Waals surface area contributed by atoms with E-state index in [1.165, 1.54) is 0 Å². The Morgan fingerprint density at radius 1 is 1.15 bits per heavy atom. The van der Waals surface area contributed by atoms with Crippen molar-refractivity contribution in [3.05, 3.63) is 41.6 Å². The van der Waals surface area contributed by atoms with Crippen LogP contribution < -0.4 is 10.6 Å². The zero-order valence-corrected chi connectivity index (χ0v) is 11.1. The molecule has 1 aromatic heterocycles. The number of hydrogen-bond acceptors (Lipinski definition) is 5. The summed E-state index contributed by atoms with van der Waals surface area (Å²) in [6.45, 7) is 0. The van der Waals surface area contributed by atoms with Gasteiger partial charge in [0.1, 0.15) is 6.42 Å². The molecule has 7 heteroatoms. The van der Waals surface area contributed by atoms with Crippen molar-refractivity contribution >= 4 is 34.7 Å². The molecule has 1 aromatic carbocycles. The van der Waals surface area contributed by atoms with Gasteiger partial charge in [-0.1, -0.05) is 11.6 Å². The summed E-state index contributed by atoms with van der Waals surface area (Å²) >= 11 is 5.65. The van der Waals surface area contributed by atoms with Gasteiger partial charge in [-0.05, 0) is 36.4 Å². The molecule has 0 saturated carbocycles. The Morgan fingerprint density at radius 2 is 1.85 bits per heavy atom. The highest BCUT2D eigenvalue weighted by atomic mass is 35.5. The van der Waals surface area contributed by atoms with Crippen molar-refractivity contribution in [1.29, 1.82) is 5.26 Å². The third kappa shape index (κ3) is 3.93. The molecule has 0 aliphatic carbocycles. The van der Waals surface area contributed by atoms with Crippen LogP contribution in [0, 0.1) is 11.3 Å². The summed E-state index contributed by atoms with van der Waals surface area (Å²) in [5.74, 6) is 0.229. The number of rotatable bonds is 4. The van der Waals surface area contributed by atoms with Crippen LogP contribution >= 0.6 is 11.6 Å². The quantitative estimate of drug-likeness (QED) is 0.902. The minimum absolute atomic E-state index is 0.166. The number of nitrogens with one attached hydrogen (secondary N) is 2. The van der Waals surface area contributed by atoms with Crippen LogP contribution in [0.2, 0.25) is 5.15 Å². The van der Waals surface area contributed by atoms with Crippen LogP contribution in [0.3, 0.4) is 0 Å². The lowest BCUT2D eigenvalue weighted by Gasteiger charge is -2.07. The molecule has 0 aliphatic heterocycles. The summed E-state index contributed by atoms with van der Waals surface area (Å²) in [7, 11) is 0. The normalized spacial score (nSPS) is 9.60. The Bertz CT molecular complexity index is 633. The van der Waals surface area contributed by atoms with E-state index < -0.39 is 0 Å². The van der Waals surface area contributed by atoms with Gasteiger partial charge < -0.3 is 10.6 Å². The summed E-state index contributed by atoms with van der Waals surface area (Å²) in [4.78, 5) is 11.2. The van der Waals surface area contributed by atoms with Crippen molar-refractivity contribution in [2.24, 2.45) is 0 Å². The molecule has 0 radical (unpaired) electrons. The number of halogens is 1. The average Bonchev–Trinajstić information content (AvgIpc) is 2.44. The summed E-state index contributed by atoms with van der Waals surface area (Å²) in [6, 6.07) is 12.1. The number of nitriles is 1. The molecule has 0 saturated heterocycles. The van der Waals surface area contributed by atoms with Crippen LogP contribution in [0.4, 0.5) is 17.2 Å². The average molecular weight is 288 g/mol. The SMILES string of the molecule is N#CCC(=O)Nc1ccc(Nc2ccc(Cl)nn2)cc1. The van der Waals surface area contributed by atoms with Crippen LogP contribution in [0.5, 0.6) is 0 Å². The van der Waals surface area contributed by atoms with Crippen LogP contribution in [0.1, 0.15) is 6.42 Å². The van der Waals surface area contributed by atoms with Gasteiger partial charge in [0.05, 0.1) is 6.07 Å². The monoisotopic (exact) mass is 287 g/mol. The number of nitrogens with zero attached hydrogens (tertiary/aromatic N) is 3. The molecule has 2 rings (SSSR count). The fraction of sp³-hybridized carbons (Fsp3) is 0.0769. The molecule has 2 N–H and O–H groups in total. The second kappa shape index (κ2) is 6.50. The second-order valence-electron chi connectivity index (χ2n) is 3.83. The highest BCUT2D eigenvalue weighted by Crippen LogP contribution is 2.17. The van der Waals surface area contributed by atoms with Crippen LogP contribution in [0.25, 0.3) is 0 Å². The zero-order valence-electron chi connectivity index (χ0n) is 10.3. The standard InChI is InChI=1S/C13H10ClN5O/c14-11-5-6-12(19-18-11)16-9-1-3-10(4-2-9)17-13(20)7-8-15/h1-6H,7H2,(H,16,19)(H,17,20). The third-order valence-electron chi connectivity index (χ3n) is 2.31. The summed E-state index contributed by atoms with van der Waals surface area (Å²) < 4.78 is 0. The molecule has 100 valence electrons. The van der Waals surface area contributed by atoms with E-state index in [9.17, 15) is 4.79 Å². The lowest BCUT2D eigenvalue weighted by Crippen LogP contribution is -2.09. The van der Waals surface area contributed by atoms with E-state index in [0.29, 0.717) is 16.7 Å². The van der Waals surface area contributed by atoms with Crippen molar-refractivity contribution in [1.82, 2.24) is 10.2 Å². The van der Waals surface area contributed by atoms with Gasteiger partial charge in [0.2, 0.25) is 5.91 Å². The summed E-state index contributed by atoms with van der Waals surface area (Å²) in [5, 5.41) is 22.0. The lowest BCUT2D eigenvalue weighted by atomic mass is 10.2. The molecule has 1 heterocycles. The smallest absolute Gasteiger partial charge is 0.238 e. The molecule has 0 spiro atoms. The van der Waals surface area contributed by atoms with Crippen LogP contribution in [-0.2, 0) is 4.79 Å². The highest BCUT2D eigenvalue weighted by Gasteiger charge is 2.02. The Labute approximate surface area is 120 Å². The molecule has 0 atom stereocenters. The fourth-order valence-corrected chi connectivity index (χ4v) is 1.55. The number of carbonyl (C=O) groups excluding carboxylic acids is 1. The van der Waals surface area contributed by atoms with Crippen LogP contribution in [-0.4, -0.2) is 16.1 Å². The summed E-state index contributed by atoms with van der Waals surface area (Å²) in [6.07, 6.45) is -0.166. The van der Waals surface area contributed by atoms with Gasteiger partial charge in [-0.15, -0.1) is 10.2 Å². The highest BCUT2D eigenvalue weighted by molar-refractivity contribution is 6.29. The maximum Gasteiger partial charge on any atom is 0.238 e. The molecule has 20 heavy (non-hydrogen) atoms. The predicted octanol–water partition coefficient (Wildman–Crippen LogP) is 2.73. The van der Waals surface area contributed by atoms with Crippen molar-refractivity contribution < 1.29 is 4.79 Å². The maximum absolute atomic E-state index is 11.2. The number of carbonyl (C=O) groups is 1. The Hall–Kier alpha value is -2.65. The first kappa shape index (κ1) is 13.8. The Morgan fingerprint density at radius 3 is 2.45 bits per heavy atom. The Kier molecular flexibility index (Phi) is 4.47. The van der Waals surface area contributed by atoms with Gasteiger partial charge >= 0.3 is 0 Å². The van der Waals surface area contributed by atoms with Crippen LogP contribution in [0.15, 0.2) is 36.4 Å². The number of hydrogen-bond donors (Lipinski definition) is 2. The van der Waals surface area contributed by atoms with Crippen molar-refractivity contribution in [3.63, 3.8) is 0 Å². The van der Waals surface area contributed by atoms with Gasteiger partial charge in [-0.3, -0.25) is 4.79 Å². The topological polar surface area (TPSA) is 90.7 Å². The van der Waals surface area contributed by atoms with Crippen molar-refractivity contribution in [2.45, 2.75) is 6.42 Å². The molecule has 1 amide bonds. The first-order valence-electron chi connectivity index (χ1n) is 5.70. The van der Waals surface area contributed by atoms with Gasteiger partial charge in [0, 0.05) is 11.4 Å². The lowest BCUT2D eigenvalue weighted by molar-refractivity contribution is -0.115. The molecular formula is C13H10ClN5O. The van der Waals surface area contributed by atoms with E-state index in [0.717, 1.165) is 5.69 Å². The molecule has 0 unspecified atom stereocenters. The molecule has 0 aliphatic rings.